The molecule has 0 spiro atoms. The lowest BCUT2D eigenvalue weighted by Gasteiger charge is -2.26. The van der Waals surface area contributed by atoms with E-state index in [9.17, 15) is 26.3 Å². The van der Waals surface area contributed by atoms with Crippen LogP contribution >= 0.6 is 0 Å². The van der Waals surface area contributed by atoms with Gasteiger partial charge in [0.25, 0.3) is 0 Å². The first-order valence-corrected chi connectivity index (χ1v) is 7.25. The fourth-order valence-electron chi connectivity index (χ4n) is 2.50. The number of morpholine rings is 1. The average Bonchev–Trinajstić information content (AvgIpc) is 2.46. The Hall–Kier alpha value is -1.28. The van der Waals surface area contributed by atoms with Crippen LogP contribution in [0.15, 0.2) is 18.2 Å². The molecule has 0 N–H and O–H groups in total. The molecule has 130 valence electrons. The molecule has 2 nitrogen and oxygen atoms in total. The number of halogens is 6. The zero-order chi connectivity index (χ0) is 17.1. The van der Waals surface area contributed by atoms with E-state index < -0.39 is 23.5 Å². The van der Waals surface area contributed by atoms with E-state index in [1.54, 1.807) is 0 Å². The normalized spacial score (nSPS) is 17.5. The molecular weight excluding hydrogens is 324 g/mol. The van der Waals surface area contributed by atoms with Gasteiger partial charge in [0, 0.05) is 13.1 Å². The van der Waals surface area contributed by atoms with Gasteiger partial charge < -0.3 is 4.74 Å². The van der Waals surface area contributed by atoms with Crippen molar-refractivity contribution < 1.29 is 31.1 Å². The van der Waals surface area contributed by atoms with E-state index in [-0.39, 0.29) is 18.1 Å². The highest BCUT2D eigenvalue weighted by Crippen LogP contribution is 2.36. The zero-order valence-corrected chi connectivity index (χ0v) is 12.3. The monoisotopic (exact) mass is 341 g/mol. The number of nitrogens with zero attached hydrogens (tertiary/aromatic N) is 1. The third-order valence-electron chi connectivity index (χ3n) is 3.69. The van der Waals surface area contributed by atoms with Crippen molar-refractivity contribution in [3.63, 3.8) is 0 Å². The Morgan fingerprint density at radius 1 is 0.870 bits per heavy atom. The van der Waals surface area contributed by atoms with Crippen LogP contribution in [0, 0.1) is 0 Å². The maximum Gasteiger partial charge on any atom is 0.416 e. The van der Waals surface area contributed by atoms with Crippen molar-refractivity contribution in [2.24, 2.45) is 0 Å². The van der Waals surface area contributed by atoms with Crippen LogP contribution in [0.3, 0.4) is 0 Å². The first kappa shape index (κ1) is 18.1. The van der Waals surface area contributed by atoms with Crippen molar-refractivity contribution in [1.29, 1.82) is 0 Å². The Morgan fingerprint density at radius 2 is 1.39 bits per heavy atom. The minimum atomic E-state index is -4.79. The van der Waals surface area contributed by atoms with E-state index in [4.69, 9.17) is 4.74 Å². The molecule has 0 saturated carbocycles. The third-order valence-corrected chi connectivity index (χ3v) is 3.69. The Balaban J connectivity index is 2.07. The molecule has 0 aliphatic carbocycles. The Morgan fingerprint density at radius 3 is 1.87 bits per heavy atom. The number of hydrogen-bond donors (Lipinski definition) is 0. The second-order valence-electron chi connectivity index (χ2n) is 5.47. The largest absolute Gasteiger partial charge is 0.416 e. The summed E-state index contributed by atoms with van der Waals surface area (Å²) in [6, 6.07) is 1.76. The van der Waals surface area contributed by atoms with Gasteiger partial charge in [0.2, 0.25) is 0 Å². The molecule has 8 heteroatoms. The number of hydrogen-bond acceptors (Lipinski definition) is 2. The molecule has 1 aromatic rings. The van der Waals surface area contributed by atoms with Gasteiger partial charge in [-0.1, -0.05) is 0 Å². The smallest absolute Gasteiger partial charge is 0.379 e. The molecule has 1 saturated heterocycles. The lowest BCUT2D eigenvalue weighted by atomic mass is 10.0. The highest BCUT2D eigenvalue weighted by molar-refractivity contribution is 5.33. The van der Waals surface area contributed by atoms with Crippen LogP contribution in [0.5, 0.6) is 0 Å². The molecule has 0 bridgehead atoms. The number of ether oxygens (including phenoxy) is 1. The van der Waals surface area contributed by atoms with Crippen LogP contribution in [0.2, 0.25) is 0 Å². The summed E-state index contributed by atoms with van der Waals surface area (Å²) >= 11 is 0. The van der Waals surface area contributed by atoms with Crippen molar-refractivity contribution in [3.8, 4) is 0 Å². The van der Waals surface area contributed by atoms with Gasteiger partial charge in [0.1, 0.15) is 0 Å². The molecule has 1 aromatic carbocycles. The van der Waals surface area contributed by atoms with Gasteiger partial charge in [0.15, 0.2) is 0 Å². The Labute approximate surface area is 130 Å². The summed E-state index contributed by atoms with van der Waals surface area (Å²) in [7, 11) is 0. The van der Waals surface area contributed by atoms with Crippen molar-refractivity contribution in [2.45, 2.75) is 25.2 Å². The van der Waals surface area contributed by atoms with E-state index in [1.807, 2.05) is 0 Å². The molecule has 0 radical (unpaired) electrons. The molecule has 0 amide bonds. The van der Waals surface area contributed by atoms with Gasteiger partial charge in [-0.3, -0.25) is 4.90 Å². The molecule has 1 heterocycles. The summed E-state index contributed by atoms with van der Waals surface area (Å²) < 4.78 is 81.7. The van der Waals surface area contributed by atoms with Gasteiger partial charge in [-0.2, -0.15) is 26.3 Å². The third kappa shape index (κ3) is 5.39. The highest BCUT2D eigenvalue weighted by Gasteiger charge is 2.36. The summed E-state index contributed by atoms with van der Waals surface area (Å²) in [5, 5.41) is 0. The first-order valence-electron chi connectivity index (χ1n) is 7.25. The minimum Gasteiger partial charge on any atom is -0.379 e. The molecule has 23 heavy (non-hydrogen) atoms. The van der Waals surface area contributed by atoms with Crippen LogP contribution in [-0.2, 0) is 23.5 Å². The van der Waals surface area contributed by atoms with Crippen LogP contribution in [0.1, 0.15) is 23.1 Å². The average molecular weight is 341 g/mol. The molecule has 2 rings (SSSR count). The molecule has 0 aromatic heterocycles. The number of rotatable bonds is 4. The summed E-state index contributed by atoms with van der Waals surface area (Å²) in [5.41, 5.74) is -2.46. The van der Waals surface area contributed by atoms with Gasteiger partial charge in [0.05, 0.1) is 24.3 Å². The van der Waals surface area contributed by atoms with E-state index in [1.165, 1.54) is 0 Å². The fourth-order valence-corrected chi connectivity index (χ4v) is 2.50. The zero-order valence-electron chi connectivity index (χ0n) is 12.3. The van der Waals surface area contributed by atoms with E-state index >= 15 is 0 Å². The SMILES string of the molecule is FC(F)(F)c1cc(CCCN2CCOCC2)cc(C(F)(F)F)c1. The maximum absolute atomic E-state index is 12.8. The standard InChI is InChI=1S/C15H17F6NO/c16-14(17,18)12-8-11(9-13(10-12)15(19,20)21)2-1-3-22-4-6-23-7-5-22/h8-10H,1-7H2. The topological polar surface area (TPSA) is 12.5 Å². The molecular formula is C15H17F6NO. The van der Waals surface area contributed by atoms with Gasteiger partial charge >= 0.3 is 12.4 Å². The number of aryl methyl sites for hydroxylation is 1. The molecule has 1 aliphatic heterocycles. The summed E-state index contributed by atoms with van der Waals surface area (Å²) in [6.07, 6.45) is -8.91. The fraction of sp³-hybridized carbons (Fsp3) is 0.600. The van der Waals surface area contributed by atoms with Crippen LogP contribution < -0.4 is 0 Å². The second kappa shape index (κ2) is 7.09. The van der Waals surface area contributed by atoms with Crippen molar-refractivity contribution in [2.75, 3.05) is 32.8 Å². The molecule has 0 unspecified atom stereocenters. The molecule has 0 atom stereocenters. The second-order valence-corrected chi connectivity index (χ2v) is 5.47. The Bertz CT molecular complexity index is 487. The van der Waals surface area contributed by atoms with Gasteiger partial charge in [-0.15, -0.1) is 0 Å². The number of alkyl halides is 6. The summed E-state index contributed by atoms with van der Waals surface area (Å²) in [5.74, 6) is 0. The highest BCUT2D eigenvalue weighted by atomic mass is 19.4. The van der Waals surface area contributed by atoms with Crippen molar-refractivity contribution >= 4 is 0 Å². The molecule has 1 fully saturated rings. The Kier molecular flexibility index (Phi) is 5.57. The molecule has 1 aliphatic rings. The maximum atomic E-state index is 12.8. The quantitative estimate of drug-likeness (QED) is 0.768. The van der Waals surface area contributed by atoms with Crippen molar-refractivity contribution in [1.82, 2.24) is 4.90 Å². The van der Waals surface area contributed by atoms with Gasteiger partial charge in [-0.05, 0) is 43.1 Å². The minimum absolute atomic E-state index is 0.0559. The lowest BCUT2D eigenvalue weighted by Crippen LogP contribution is -2.36. The first-order chi connectivity index (χ1) is 10.7. The summed E-state index contributed by atoms with van der Waals surface area (Å²) in [4.78, 5) is 2.09. The van der Waals surface area contributed by atoms with Crippen LogP contribution in [0.4, 0.5) is 26.3 Å². The predicted molar refractivity (Wildman–Crippen MR) is 72.0 cm³/mol. The number of benzene rings is 1. The van der Waals surface area contributed by atoms with Gasteiger partial charge in [-0.25, -0.2) is 0 Å². The predicted octanol–water partition coefficient (Wildman–Crippen LogP) is 3.99. The van der Waals surface area contributed by atoms with Crippen molar-refractivity contribution in [3.05, 3.63) is 34.9 Å². The van der Waals surface area contributed by atoms with Crippen LogP contribution in [-0.4, -0.2) is 37.7 Å². The van der Waals surface area contributed by atoms with Crippen LogP contribution in [0.25, 0.3) is 0 Å². The lowest BCUT2D eigenvalue weighted by molar-refractivity contribution is -0.143. The van der Waals surface area contributed by atoms with E-state index in [0.29, 0.717) is 26.2 Å². The van der Waals surface area contributed by atoms with E-state index in [0.717, 1.165) is 25.2 Å². The summed E-state index contributed by atoms with van der Waals surface area (Å²) in [6.45, 7) is 3.29. The van der Waals surface area contributed by atoms with E-state index in [2.05, 4.69) is 4.90 Å².